The summed E-state index contributed by atoms with van der Waals surface area (Å²) in [5, 5.41) is 2.17. The van der Waals surface area contributed by atoms with Gasteiger partial charge >= 0.3 is 125 Å². The van der Waals surface area contributed by atoms with Crippen LogP contribution in [0.1, 0.15) is 53.4 Å². The Morgan fingerprint density at radius 1 is 0.788 bits per heavy atom. The van der Waals surface area contributed by atoms with Crippen molar-refractivity contribution in [2.24, 2.45) is 0 Å². The largest absolute Gasteiger partial charge is 0 e. The molecule has 2 aliphatic rings. The number of aromatic nitrogens is 2. The van der Waals surface area contributed by atoms with Gasteiger partial charge in [0.25, 0.3) is 0 Å². The third-order valence-electron chi connectivity index (χ3n) is 9.98. The molecular weight excluding hydrogens is 893 g/mol. The number of methoxy groups -OCH3 is 1. The third-order valence-corrected chi connectivity index (χ3v) is 15.4. The van der Waals surface area contributed by atoms with Gasteiger partial charge in [-0.3, -0.25) is 0 Å². The van der Waals surface area contributed by atoms with Gasteiger partial charge in [0.15, 0.2) is 0 Å². The van der Waals surface area contributed by atoms with Crippen LogP contribution in [-0.2, 0) is 45.7 Å². The summed E-state index contributed by atoms with van der Waals surface area (Å²) in [6, 6.07) is 35.4. The monoisotopic (exact) mass is 943 g/mol. The normalized spacial score (nSPS) is 16.8. The van der Waals surface area contributed by atoms with E-state index in [2.05, 4.69) is 89.1 Å². The zero-order chi connectivity index (χ0) is 38.5. The smallest absolute Gasteiger partial charge is 0 e. The molecule has 0 saturated carbocycles. The Hall–Kier alpha value is -3.61. The second kappa shape index (κ2) is 15.8. The molecule has 0 N–H and O–H groups in total. The Bertz CT molecular complexity index is 2550. The molecule has 52 heavy (non-hydrogen) atoms. The van der Waals surface area contributed by atoms with Crippen LogP contribution in [0.3, 0.4) is 0 Å². The predicted molar refractivity (Wildman–Crippen MR) is 218 cm³/mol. The molecule has 2 aliphatic carbocycles. The summed E-state index contributed by atoms with van der Waals surface area (Å²) in [6.45, 7) is 0. The summed E-state index contributed by atoms with van der Waals surface area (Å²) in [5.41, 5.74) is 9.34. The van der Waals surface area contributed by atoms with Crippen molar-refractivity contribution in [1.82, 2.24) is 9.97 Å². The third kappa shape index (κ3) is 7.43. The molecule has 0 unspecified atom stereocenters. The van der Waals surface area contributed by atoms with Crippen LogP contribution in [-0.4, -0.2) is 30.3 Å². The maximum atomic E-state index is 8.62. The Morgan fingerprint density at radius 3 is 2.46 bits per heavy atom. The van der Waals surface area contributed by atoms with Crippen LogP contribution in [0.2, 0.25) is 17.3 Å². The van der Waals surface area contributed by atoms with Crippen molar-refractivity contribution in [3.8, 4) is 39.4 Å². The minimum atomic E-state index is -1.75. The summed E-state index contributed by atoms with van der Waals surface area (Å²) in [5.74, 6) is 8.06. The van der Waals surface area contributed by atoms with Crippen LogP contribution in [0.5, 0.6) is 5.75 Å². The van der Waals surface area contributed by atoms with Crippen molar-refractivity contribution in [2.75, 3.05) is 7.11 Å². The maximum absolute atomic E-state index is 8.62. The summed E-state index contributed by atoms with van der Waals surface area (Å²) in [4.78, 5) is 9.26. The number of pyridine rings is 2. The second-order valence-electron chi connectivity index (χ2n) is 14.3. The first-order chi connectivity index (χ1) is 26.3. The van der Waals surface area contributed by atoms with Crippen LogP contribution in [0.4, 0.5) is 0 Å². The van der Waals surface area contributed by atoms with Gasteiger partial charge < -0.3 is 9.72 Å². The quantitative estimate of drug-likeness (QED) is 0.127. The summed E-state index contributed by atoms with van der Waals surface area (Å²) in [6.07, 6.45) is 5.76. The number of aryl methyl sites for hydroxylation is 2. The molecule has 9 rings (SSSR count). The molecule has 6 heteroatoms. The van der Waals surface area contributed by atoms with Crippen LogP contribution in [0, 0.1) is 12.1 Å². The fraction of sp³-hybridized carbons (Fsp3) is 0.261. The zero-order valence-corrected chi connectivity index (χ0v) is 35.3. The number of para-hydroxylation sites is 1. The first-order valence-corrected chi connectivity index (χ1v) is 26.0. The Balaban J connectivity index is 0.000000195. The van der Waals surface area contributed by atoms with Crippen LogP contribution >= 0.6 is 11.3 Å². The number of hydrogen-bond acceptors (Lipinski definition) is 4. The number of fused-ring (bicyclic) bond motifs is 5. The Kier molecular flexibility index (Phi) is 9.67. The standard InChI is InChI=1S/C28H22NOS.C18H22GeN.Ir/c1-30-25-9-5-4-7-21(25)19-10-12-23-24-16-20(11-13-26(24)31-27(23)17-19)28-22-8-3-2-6-18(22)14-15-29-28;1-19(2,3)15-11-12-18(20-13-15)17-10-6-8-14-7-4-5-9-16(14)17;/h4-5,7,9-10,12-17H,2-3,6,8H2,1H3;6,8,11-13H,4-5,7,9H2,1-3H3;/q2*-1;/i6D2,8D2;;. The van der Waals surface area contributed by atoms with Crippen molar-refractivity contribution in [2.45, 2.75) is 68.5 Å². The van der Waals surface area contributed by atoms with Crippen molar-refractivity contribution < 1.29 is 30.3 Å². The number of hydrogen-bond donors (Lipinski definition) is 0. The Morgan fingerprint density at radius 2 is 1.63 bits per heavy atom. The molecule has 3 heterocycles. The average molecular weight is 942 g/mol. The van der Waals surface area contributed by atoms with Gasteiger partial charge in [0.2, 0.25) is 0 Å². The first kappa shape index (κ1) is 31.9. The maximum Gasteiger partial charge on any atom is 0 e. The molecule has 4 aromatic carbocycles. The van der Waals surface area contributed by atoms with Gasteiger partial charge in [-0.25, -0.2) is 0 Å². The fourth-order valence-electron chi connectivity index (χ4n) is 7.21. The molecule has 0 spiro atoms. The van der Waals surface area contributed by atoms with E-state index in [0.717, 1.165) is 42.7 Å². The predicted octanol–water partition coefficient (Wildman–Crippen LogP) is 11.4. The molecular formula is C46H44GeIrN2OS-2. The minimum Gasteiger partial charge on any atom is 0 e. The van der Waals surface area contributed by atoms with E-state index in [4.69, 9.17) is 15.2 Å². The molecule has 0 saturated heterocycles. The van der Waals surface area contributed by atoms with Gasteiger partial charge in [-0.15, -0.1) is 23.8 Å². The molecule has 1 radical (unpaired) electrons. The molecule has 0 bridgehead atoms. The van der Waals surface area contributed by atoms with Crippen molar-refractivity contribution >= 4 is 49.2 Å². The number of nitrogens with zero attached hydrogens (tertiary/aromatic N) is 2. The second-order valence-corrected chi connectivity index (χ2v) is 26.1. The summed E-state index contributed by atoms with van der Waals surface area (Å²) in [7, 11) is 1.68. The van der Waals surface area contributed by atoms with E-state index in [1.807, 2.05) is 30.3 Å². The Labute approximate surface area is 334 Å². The summed E-state index contributed by atoms with van der Waals surface area (Å²) < 4.78 is 43.3. The first-order valence-electron chi connectivity index (χ1n) is 19.9. The van der Waals surface area contributed by atoms with Crippen molar-refractivity contribution in [3.63, 3.8) is 0 Å². The van der Waals surface area contributed by atoms with Gasteiger partial charge in [0.05, 0.1) is 7.11 Å². The minimum absolute atomic E-state index is 0. The van der Waals surface area contributed by atoms with Crippen LogP contribution < -0.4 is 9.13 Å². The van der Waals surface area contributed by atoms with E-state index in [1.165, 1.54) is 46.8 Å². The van der Waals surface area contributed by atoms with E-state index < -0.39 is 26.0 Å². The zero-order valence-electron chi connectivity index (χ0n) is 34.0. The van der Waals surface area contributed by atoms with Gasteiger partial charge in [-0.1, -0.05) is 46.8 Å². The van der Waals surface area contributed by atoms with E-state index in [1.54, 1.807) is 30.7 Å². The fourth-order valence-corrected chi connectivity index (χ4v) is 10.5. The van der Waals surface area contributed by atoms with E-state index in [9.17, 15) is 0 Å². The summed E-state index contributed by atoms with van der Waals surface area (Å²) >= 11 is -0.0646. The molecule has 7 aromatic rings. The van der Waals surface area contributed by atoms with Gasteiger partial charge in [-0.2, -0.15) is 11.3 Å². The van der Waals surface area contributed by atoms with Gasteiger partial charge in [0.1, 0.15) is 5.75 Å². The molecule has 0 atom stereocenters. The van der Waals surface area contributed by atoms with E-state index in [-0.39, 0.29) is 32.9 Å². The number of ether oxygens (including phenoxy) is 1. The van der Waals surface area contributed by atoms with Crippen LogP contribution in [0.15, 0.2) is 97.3 Å². The van der Waals surface area contributed by atoms with Crippen LogP contribution in [0.25, 0.3) is 53.8 Å². The molecule has 3 aromatic heterocycles. The molecule has 0 amide bonds. The van der Waals surface area contributed by atoms with E-state index >= 15 is 0 Å². The molecule has 265 valence electrons. The molecule has 0 aliphatic heterocycles. The van der Waals surface area contributed by atoms with Gasteiger partial charge in [-0.05, 0) is 65.1 Å². The topological polar surface area (TPSA) is 35.0 Å². The molecule has 0 fully saturated rings. The van der Waals surface area contributed by atoms with Crippen molar-refractivity contribution in [3.05, 3.63) is 132 Å². The SMILES string of the molecule is [2H]C1([2H])CCC([2H])([2H])c2c1ccnc2-c1[c-]cc2sc3cc(-c4ccccc4OC)ccc3c2c1.[CH3][Ge]([CH3])([CH3])[c]1ccc(-c2[c-]ccc3c2CCCC3)nc1.[Ir]. The average Bonchev–Trinajstić information content (AvgIpc) is 3.56. The number of benzene rings is 4. The number of thiophene rings is 1. The molecule has 3 nitrogen and oxygen atoms in total. The van der Waals surface area contributed by atoms with Gasteiger partial charge in [0, 0.05) is 42.0 Å². The van der Waals surface area contributed by atoms with E-state index in [0.29, 0.717) is 22.4 Å². The van der Waals surface area contributed by atoms with Crippen molar-refractivity contribution in [1.29, 1.82) is 0 Å². The number of rotatable bonds is 5.